The van der Waals surface area contributed by atoms with Crippen LogP contribution in [0.3, 0.4) is 0 Å². The third kappa shape index (κ3) is 28.7. The van der Waals surface area contributed by atoms with Crippen molar-refractivity contribution in [1.82, 2.24) is 0 Å². The summed E-state index contributed by atoms with van der Waals surface area (Å²) in [5.74, 6) is 0. The molecule has 0 aliphatic carbocycles. The second-order valence-corrected chi connectivity index (χ2v) is 0.251. The van der Waals surface area contributed by atoms with Gasteiger partial charge in [0.05, 0.1) is 0 Å². The van der Waals surface area contributed by atoms with Crippen molar-refractivity contribution in [1.29, 1.82) is 0 Å². The molecular formula is H2CoLiO2Ti. The summed E-state index contributed by atoms with van der Waals surface area (Å²) in [6, 6.07) is 0. The van der Waals surface area contributed by atoms with Crippen LogP contribution in [0, 0.1) is 0 Å². The van der Waals surface area contributed by atoms with Crippen molar-refractivity contribution in [2.75, 3.05) is 0 Å². The first-order valence-electron chi connectivity index (χ1n) is 0.285. The maximum atomic E-state index is 8.45. The van der Waals surface area contributed by atoms with Gasteiger partial charge in [-0.25, -0.2) is 0 Å². The van der Waals surface area contributed by atoms with Gasteiger partial charge in [-0.05, 0) is 0 Å². The zero-order chi connectivity index (χ0) is 2.71. The van der Waals surface area contributed by atoms with E-state index in [1.54, 1.807) is 0 Å². The zero-order valence-corrected chi connectivity index (χ0v) is 4.29. The molecule has 0 saturated carbocycles. The van der Waals surface area contributed by atoms with Gasteiger partial charge in [-0.1, -0.05) is 0 Å². The van der Waals surface area contributed by atoms with Crippen molar-refractivity contribution < 1.29 is 44.8 Å². The van der Waals surface area contributed by atoms with Crippen LogP contribution in [0.1, 0.15) is 0 Å². The summed E-state index contributed by atoms with van der Waals surface area (Å²) in [4.78, 5) is 0. The monoisotopic (exact) mass is 148 g/mol. The van der Waals surface area contributed by atoms with Gasteiger partial charge in [-0.3, -0.25) is 0 Å². The van der Waals surface area contributed by atoms with E-state index in [1.165, 1.54) is 0 Å². The average Bonchev–Trinajstić information content (AvgIpc) is 0.918. The molecule has 0 unspecified atom stereocenters. The van der Waals surface area contributed by atoms with Crippen molar-refractivity contribution in [2.45, 2.75) is 0 Å². The van der Waals surface area contributed by atoms with Crippen LogP contribution in [0.4, 0.5) is 0 Å². The van der Waals surface area contributed by atoms with Crippen molar-refractivity contribution in [3.05, 3.63) is 0 Å². The molecule has 0 aromatic rings. The zero-order valence-electron chi connectivity index (χ0n) is 1.69. The first kappa shape index (κ1) is 16.0. The Morgan fingerprint density at radius 2 is 1.60 bits per heavy atom. The molecule has 0 radical (unpaired) electrons. The van der Waals surface area contributed by atoms with Crippen LogP contribution in [0.25, 0.3) is 0 Å². The molecule has 1 N–H and O–H groups in total. The Morgan fingerprint density at radius 1 is 1.60 bits per heavy atom. The Bertz CT molecular complexity index is 17.1. The second kappa shape index (κ2) is 17.6. The molecule has 5 heavy (non-hydrogen) atoms. The van der Waals surface area contributed by atoms with Crippen LogP contribution in [-0.2, 0) is 40.5 Å². The minimum Gasteiger partial charge on any atom is 0 e. The van der Waals surface area contributed by atoms with Crippen molar-refractivity contribution in [2.24, 2.45) is 0 Å². The van der Waals surface area contributed by atoms with Crippen molar-refractivity contribution >= 4 is 18.9 Å². The van der Waals surface area contributed by atoms with E-state index >= 15 is 0 Å². The average molecular weight is 148 g/mol. The molecule has 5 heteroatoms. The number of rotatable bonds is 0. The minimum absolute atomic E-state index is 0. The standard InChI is InChI=1S/Co.Li.H2O.O.Ti.H/h;;1H2;;;/q+1;;;;;/p-1. The van der Waals surface area contributed by atoms with Crippen LogP contribution >= 0.6 is 0 Å². The van der Waals surface area contributed by atoms with E-state index in [0.29, 0.717) is 0 Å². The molecule has 0 spiro atoms. The Hall–Kier alpha value is 1.58. The maximum absolute atomic E-state index is 8.45. The van der Waals surface area contributed by atoms with E-state index < -0.39 is 15.0 Å². The summed E-state index contributed by atoms with van der Waals surface area (Å²) in [7, 11) is 0. The Morgan fingerprint density at radius 3 is 1.60 bits per heavy atom. The molecular weight excluding hydrogens is 146 g/mol. The predicted molar refractivity (Wildman–Crippen MR) is 10.1 cm³/mol. The SMILES string of the molecule is [LiH].[O]=[Co][OH].[Ti]. The van der Waals surface area contributed by atoms with E-state index in [1.807, 2.05) is 0 Å². The van der Waals surface area contributed by atoms with Gasteiger partial charge in [0, 0.05) is 21.7 Å². The molecule has 0 bridgehead atoms. The molecule has 0 fully saturated rings. The molecule has 2 nitrogen and oxygen atoms in total. The van der Waals surface area contributed by atoms with Gasteiger partial charge < -0.3 is 0 Å². The van der Waals surface area contributed by atoms with Crippen molar-refractivity contribution in [3.8, 4) is 0 Å². The van der Waals surface area contributed by atoms with Gasteiger partial charge in [0.1, 0.15) is 0 Å². The normalized spacial score (nSPS) is 4.20. The fourth-order valence-corrected chi connectivity index (χ4v) is 0. The summed E-state index contributed by atoms with van der Waals surface area (Å²) in [6.07, 6.45) is 0. The molecule has 0 heterocycles. The van der Waals surface area contributed by atoms with E-state index in [-0.39, 0.29) is 40.6 Å². The van der Waals surface area contributed by atoms with Gasteiger partial charge in [0.15, 0.2) is 0 Å². The molecule has 0 saturated heterocycles. The molecule has 0 amide bonds. The maximum Gasteiger partial charge on any atom is 0 e. The summed E-state index contributed by atoms with van der Waals surface area (Å²) in [5, 5.41) is 0. The Labute approximate surface area is 63.3 Å². The second-order valence-electron chi connectivity index (χ2n) is 0.0609. The quantitative estimate of drug-likeness (QED) is 0.432. The third-order valence-electron chi connectivity index (χ3n) is 0. The topological polar surface area (TPSA) is 37.3 Å². The van der Waals surface area contributed by atoms with Gasteiger partial charge in [-0.15, -0.1) is 0 Å². The minimum atomic E-state index is -0.812. The van der Waals surface area contributed by atoms with Crippen LogP contribution in [0.5, 0.6) is 0 Å². The summed E-state index contributed by atoms with van der Waals surface area (Å²) in [6.45, 7) is 0. The predicted octanol–water partition coefficient (Wildman–Crippen LogP) is -1.33. The molecule has 0 aromatic carbocycles. The largest absolute Gasteiger partial charge is 0 e. The number of hydrogen-bond acceptors (Lipinski definition) is 1. The van der Waals surface area contributed by atoms with E-state index in [2.05, 4.69) is 0 Å². The fraction of sp³-hybridized carbons (Fsp3) is 0. The molecule has 28 valence electrons. The molecule has 0 aromatic heterocycles. The van der Waals surface area contributed by atoms with Gasteiger partial charge in [0.2, 0.25) is 0 Å². The third-order valence-corrected chi connectivity index (χ3v) is 0. The summed E-state index contributed by atoms with van der Waals surface area (Å²) in [5.41, 5.74) is 0. The van der Waals surface area contributed by atoms with E-state index in [9.17, 15) is 0 Å². The molecule has 0 atom stereocenters. The van der Waals surface area contributed by atoms with Gasteiger partial charge >= 0.3 is 41.9 Å². The summed E-state index contributed by atoms with van der Waals surface area (Å²) >= 11 is -0.812. The van der Waals surface area contributed by atoms with Crippen LogP contribution in [0.2, 0.25) is 0 Å². The smallest absolute Gasteiger partial charge is 0 e. The van der Waals surface area contributed by atoms with Crippen LogP contribution in [-0.4, -0.2) is 23.1 Å². The van der Waals surface area contributed by atoms with Crippen LogP contribution in [0.15, 0.2) is 0 Å². The number of hydrogen-bond donors (Lipinski definition) is 1. The van der Waals surface area contributed by atoms with E-state index in [4.69, 9.17) is 8.08 Å². The fourth-order valence-electron chi connectivity index (χ4n) is 0. The van der Waals surface area contributed by atoms with Crippen molar-refractivity contribution in [3.63, 3.8) is 0 Å². The Balaban J connectivity index is -0.0000000200. The van der Waals surface area contributed by atoms with Gasteiger partial charge in [0.25, 0.3) is 0 Å². The summed E-state index contributed by atoms with van der Waals surface area (Å²) < 4.78 is 15.4. The Kier molecular flexibility index (Phi) is 56.2. The first-order valence-corrected chi connectivity index (χ1v) is 1.18. The molecule has 0 rings (SSSR count). The van der Waals surface area contributed by atoms with Crippen LogP contribution < -0.4 is 0 Å². The first-order chi connectivity index (χ1) is 1.41. The molecule has 0 aliphatic rings. The van der Waals surface area contributed by atoms with Gasteiger partial charge in [-0.2, -0.15) is 0 Å². The van der Waals surface area contributed by atoms with E-state index in [0.717, 1.165) is 0 Å². The molecule has 0 aliphatic heterocycles.